The number of aromatic nitrogens is 1. The Morgan fingerprint density at radius 3 is 2.53 bits per heavy atom. The number of H-pyrrole nitrogens is 1. The Balaban J connectivity index is 1.43. The van der Waals surface area contributed by atoms with Crippen LogP contribution in [-0.4, -0.2) is 36.7 Å². The maximum Gasteiger partial charge on any atom is 0.243 e. The molecule has 1 aliphatic rings. The number of carbonyl (C=O) groups excluding carboxylic acids is 1. The Labute approximate surface area is 177 Å². The van der Waals surface area contributed by atoms with Crippen LogP contribution in [0.4, 0.5) is 5.69 Å². The van der Waals surface area contributed by atoms with Crippen molar-refractivity contribution in [2.75, 3.05) is 18.4 Å². The molecule has 0 aliphatic carbocycles. The highest BCUT2D eigenvalue weighted by Gasteiger charge is 2.27. The molecule has 30 heavy (non-hydrogen) atoms. The molecule has 0 unspecified atom stereocenters. The van der Waals surface area contributed by atoms with Crippen LogP contribution in [0.25, 0.3) is 10.9 Å². The van der Waals surface area contributed by atoms with E-state index in [9.17, 15) is 13.2 Å². The molecule has 3 aromatic rings. The van der Waals surface area contributed by atoms with Crippen LogP contribution in [0.5, 0.6) is 0 Å². The zero-order valence-electron chi connectivity index (χ0n) is 17.3. The standard InChI is InChI=1S/C23H27N3O3S/c1-16-10-12-26(13-11-16)30(28,29)20-8-6-19(7-9-20)25-22(27)14-18-15-24-21-5-3-4-17(2)23(18)21/h3-9,15-16,24H,10-14H2,1-2H3,(H,25,27). The van der Waals surface area contributed by atoms with Gasteiger partial charge in [0.15, 0.2) is 0 Å². The molecule has 7 heteroatoms. The number of hydrogen-bond acceptors (Lipinski definition) is 3. The molecule has 0 bridgehead atoms. The number of fused-ring (bicyclic) bond motifs is 1. The van der Waals surface area contributed by atoms with E-state index >= 15 is 0 Å². The lowest BCUT2D eigenvalue weighted by atomic mass is 10.0. The van der Waals surface area contributed by atoms with Gasteiger partial charge in [-0.25, -0.2) is 8.42 Å². The van der Waals surface area contributed by atoms with Crippen molar-refractivity contribution in [3.63, 3.8) is 0 Å². The summed E-state index contributed by atoms with van der Waals surface area (Å²) in [5.41, 5.74) is 3.67. The number of aromatic amines is 1. The molecule has 6 nitrogen and oxygen atoms in total. The molecule has 0 saturated carbocycles. The van der Waals surface area contributed by atoms with Gasteiger partial charge in [0.1, 0.15) is 0 Å². The van der Waals surface area contributed by atoms with E-state index in [1.165, 1.54) is 0 Å². The summed E-state index contributed by atoms with van der Waals surface area (Å²) in [6, 6.07) is 12.4. The van der Waals surface area contributed by atoms with Crippen molar-refractivity contribution in [3.8, 4) is 0 Å². The maximum absolute atomic E-state index is 12.8. The first kappa shape index (κ1) is 20.6. The van der Waals surface area contributed by atoms with Crippen molar-refractivity contribution in [3.05, 3.63) is 59.8 Å². The largest absolute Gasteiger partial charge is 0.361 e. The summed E-state index contributed by atoms with van der Waals surface area (Å²) >= 11 is 0. The quantitative estimate of drug-likeness (QED) is 0.646. The zero-order valence-corrected chi connectivity index (χ0v) is 18.1. The molecule has 0 atom stereocenters. The van der Waals surface area contributed by atoms with Crippen LogP contribution in [0.3, 0.4) is 0 Å². The van der Waals surface area contributed by atoms with Crippen LogP contribution in [0.2, 0.25) is 0 Å². The fourth-order valence-corrected chi connectivity index (χ4v) is 5.52. The van der Waals surface area contributed by atoms with E-state index in [4.69, 9.17) is 0 Å². The highest BCUT2D eigenvalue weighted by atomic mass is 32.2. The maximum atomic E-state index is 12.8. The van der Waals surface area contributed by atoms with Crippen molar-refractivity contribution in [2.24, 2.45) is 5.92 Å². The number of aryl methyl sites for hydroxylation is 1. The SMILES string of the molecule is Cc1cccc2[nH]cc(CC(=O)Nc3ccc(S(=O)(=O)N4CCC(C)CC4)cc3)c12. The van der Waals surface area contributed by atoms with Crippen molar-refractivity contribution in [1.29, 1.82) is 0 Å². The van der Waals surface area contributed by atoms with E-state index in [0.717, 1.165) is 34.9 Å². The van der Waals surface area contributed by atoms with Gasteiger partial charge in [-0.3, -0.25) is 4.79 Å². The van der Waals surface area contributed by atoms with Crippen molar-refractivity contribution in [2.45, 2.75) is 38.0 Å². The first-order chi connectivity index (χ1) is 14.3. The van der Waals surface area contributed by atoms with Gasteiger partial charge in [-0.2, -0.15) is 4.31 Å². The van der Waals surface area contributed by atoms with Crippen LogP contribution in [0, 0.1) is 12.8 Å². The summed E-state index contributed by atoms with van der Waals surface area (Å²) in [7, 11) is -3.48. The van der Waals surface area contributed by atoms with Gasteiger partial charge in [-0.15, -0.1) is 0 Å². The monoisotopic (exact) mass is 425 g/mol. The molecule has 1 aliphatic heterocycles. The Kier molecular flexibility index (Phi) is 5.66. The predicted molar refractivity (Wildman–Crippen MR) is 119 cm³/mol. The number of hydrogen-bond donors (Lipinski definition) is 2. The van der Waals surface area contributed by atoms with Gasteiger partial charge in [0.25, 0.3) is 0 Å². The highest BCUT2D eigenvalue weighted by molar-refractivity contribution is 7.89. The topological polar surface area (TPSA) is 82.3 Å². The number of amides is 1. The lowest BCUT2D eigenvalue weighted by Gasteiger charge is -2.29. The number of rotatable bonds is 5. The van der Waals surface area contributed by atoms with Crippen LogP contribution in [0.1, 0.15) is 30.9 Å². The number of piperidine rings is 1. The van der Waals surface area contributed by atoms with Gasteiger partial charge in [0, 0.05) is 35.9 Å². The van der Waals surface area contributed by atoms with E-state index in [0.29, 0.717) is 24.7 Å². The van der Waals surface area contributed by atoms with Gasteiger partial charge in [-0.1, -0.05) is 19.1 Å². The summed E-state index contributed by atoms with van der Waals surface area (Å²) in [5, 5.41) is 3.94. The second-order valence-electron chi connectivity index (χ2n) is 8.15. The fourth-order valence-electron chi connectivity index (χ4n) is 4.05. The lowest BCUT2D eigenvalue weighted by molar-refractivity contribution is -0.115. The molecule has 158 valence electrons. The second-order valence-corrected chi connectivity index (χ2v) is 10.1. The van der Waals surface area contributed by atoms with E-state index < -0.39 is 10.0 Å². The first-order valence-corrected chi connectivity index (χ1v) is 11.7. The van der Waals surface area contributed by atoms with Crippen molar-refractivity contribution < 1.29 is 13.2 Å². The summed E-state index contributed by atoms with van der Waals surface area (Å²) in [5.74, 6) is 0.426. The average molecular weight is 426 g/mol. The normalized spacial score (nSPS) is 16.1. The molecule has 1 saturated heterocycles. The minimum atomic E-state index is -3.48. The van der Waals surface area contributed by atoms with Gasteiger partial charge >= 0.3 is 0 Å². The molecule has 2 heterocycles. The molecule has 2 aromatic carbocycles. The molecule has 2 N–H and O–H groups in total. The Morgan fingerprint density at radius 2 is 1.83 bits per heavy atom. The minimum absolute atomic E-state index is 0.139. The number of sulfonamides is 1. The molecular formula is C23H27N3O3S. The average Bonchev–Trinajstić information content (AvgIpc) is 3.13. The third kappa shape index (κ3) is 4.13. The van der Waals surface area contributed by atoms with Gasteiger partial charge < -0.3 is 10.3 Å². The molecular weight excluding hydrogens is 398 g/mol. The van der Waals surface area contributed by atoms with E-state index in [1.807, 2.05) is 31.3 Å². The molecule has 0 radical (unpaired) electrons. The van der Waals surface area contributed by atoms with Gasteiger partial charge in [-0.05, 0) is 67.1 Å². The van der Waals surface area contributed by atoms with Crippen LogP contribution in [0.15, 0.2) is 53.6 Å². The zero-order chi connectivity index (χ0) is 21.3. The minimum Gasteiger partial charge on any atom is -0.361 e. The van der Waals surface area contributed by atoms with Gasteiger partial charge in [0.05, 0.1) is 11.3 Å². The van der Waals surface area contributed by atoms with Crippen LogP contribution in [-0.2, 0) is 21.2 Å². The summed E-state index contributed by atoms with van der Waals surface area (Å²) in [6.45, 7) is 5.30. The molecule has 1 amide bonds. The first-order valence-electron chi connectivity index (χ1n) is 10.3. The molecule has 0 spiro atoms. The second kappa shape index (κ2) is 8.24. The summed E-state index contributed by atoms with van der Waals surface area (Å²) in [6.07, 6.45) is 3.89. The van der Waals surface area contributed by atoms with E-state index in [2.05, 4.69) is 17.2 Å². The number of anilines is 1. The fraction of sp³-hybridized carbons (Fsp3) is 0.348. The number of nitrogens with zero attached hydrogens (tertiary/aromatic N) is 1. The smallest absolute Gasteiger partial charge is 0.243 e. The number of carbonyl (C=O) groups is 1. The van der Waals surface area contributed by atoms with E-state index in [-0.39, 0.29) is 17.2 Å². The molecule has 1 aromatic heterocycles. The molecule has 1 fully saturated rings. The number of benzene rings is 2. The van der Waals surface area contributed by atoms with Crippen molar-refractivity contribution >= 4 is 32.5 Å². The molecule has 4 rings (SSSR count). The Hall–Kier alpha value is -2.64. The summed E-state index contributed by atoms with van der Waals surface area (Å²) < 4.78 is 27.2. The Morgan fingerprint density at radius 1 is 1.13 bits per heavy atom. The van der Waals surface area contributed by atoms with Crippen LogP contribution >= 0.6 is 0 Å². The highest BCUT2D eigenvalue weighted by Crippen LogP contribution is 2.25. The van der Waals surface area contributed by atoms with Crippen LogP contribution < -0.4 is 5.32 Å². The van der Waals surface area contributed by atoms with E-state index in [1.54, 1.807) is 28.6 Å². The van der Waals surface area contributed by atoms with Crippen molar-refractivity contribution in [1.82, 2.24) is 9.29 Å². The predicted octanol–water partition coefficient (Wildman–Crippen LogP) is 4.08. The third-order valence-corrected chi connectivity index (χ3v) is 7.78. The number of nitrogens with one attached hydrogen (secondary N) is 2. The third-order valence-electron chi connectivity index (χ3n) is 5.87. The summed E-state index contributed by atoms with van der Waals surface area (Å²) in [4.78, 5) is 16.0. The lowest BCUT2D eigenvalue weighted by Crippen LogP contribution is -2.37. The Bertz CT molecular complexity index is 1160. The van der Waals surface area contributed by atoms with Gasteiger partial charge in [0.2, 0.25) is 15.9 Å².